The van der Waals surface area contributed by atoms with Gasteiger partial charge in [0, 0.05) is 12.6 Å². The lowest BCUT2D eigenvalue weighted by atomic mass is 10.1. The topological polar surface area (TPSA) is 132 Å². The monoisotopic (exact) mass is 451 g/mol. The number of para-hydroxylation sites is 2. The predicted octanol–water partition coefficient (Wildman–Crippen LogP) is 3.25. The zero-order chi connectivity index (χ0) is 24.0. The normalized spacial score (nSPS) is 10.4. The van der Waals surface area contributed by atoms with E-state index in [4.69, 9.17) is 9.15 Å². The van der Waals surface area contributed by atoms with Crippen LogP contribution < -0.4 is 10.2 Å². The number of carbonyl (C=O) groups is 3. The van der Waals surface area contributed by atoms with E-state index in [2.05, 4.69) is 5.32 Å². The Morgan fingerprint density at radius 3 is 2.48 bits per heavy atom. The molecule has 0 aliphatic heterocycles. The largest absolute Gasteiger partial charge is 0.467 e. The van der Waals surface area contributed by atoms with Crippen LogP contribution in [0.25, 0.3) is 0 Å². The van der Waals surface area contributed by atoms with Crippen molar-refractivity contribution in [1.82, 2.24) is 5.32 Å². The maximum Gasteiger partial charge on any atom is 0.345 e. The zero-order valence-electron chi connectivity index (χ0n) is 17.9. The second-order valence-electron chi connectivity index (χ2n) is 7.04. The number of nitrogens with one attached hydrogen (secondary N) is 1. The SMILES string of the molecule is Cc1cccc(C(=O)OCC(=O)N(C)c2ccccc2C(=O)NCc2ccco2)c1[N+](=O)[O-]. The Morgan fingerprint density at radius 2 is 1.79 bits per heavy atom. The van der Waals surface area contributed by atoms with Crippen LogP contribution in [-0.4, -0.2) is 36.4 Å². The van der Waals surface area contributed by atoms with Crippen LogP contribution in [0.15, 0.2) is 65.3 Å². The molecule has 0 radical (unpaired) electrons. The quantitative estimate of drug-likeness (QED) is 0.316. The van der Waals surface area contributed by atoms with E-state index in [1.54, 1.807) is 36.4 Å². The van der Waals surface area contributed by atoms with Gasteiger partial charge < -0.3 is 19.4 Å². The molecular formula is C23H21N3O7. The molecule has 1 aromatic heterocycles. The molecule has 0 fully saturated rings. The molecule has 3 rings (SSSR count). The van der Waals surface area contributed by atoms with E-state index in [1.165, 1.54) is 43.3 Å². The molecule has 0 aliphatic rings. The Bertz CT molecular complexity index is 1190. The summed E-state index contributed by atoms with van der Waals surface area (Å²) in [5.74, 6) is -1.46. The van der Waals surface area contributed by atoms with Crippen molar-refractivity contribution >= 4 is 29.2 Å². The number of carbonyl (C=O) groups excluding carboxylic acids is 3. The molecule has 0 atom stereocenters. The van der Waals surface area contributed by atoms with Crippen molar-refractivity contribution in [1.29, 1.82) is 0 Å². The molecule has 0 saturated carbocycles. The summed E-state index contributed by atoms with van der Waals surface area (Å²) >= 11 is 0. The summed E-state index contributed by atoms with van der Waals surface area (Å²) in [6, 6.07) is 14.1. The van der Waals surface area contributed by atoms with Crippen LogP contribution in [0.1, 0.15) is 32.0 Å². The van der Waals surface area contributed by atoms with Gasteiger partial charge in [0.05, 0.1) is 29.0 Å². The van der Waals surface area contributed by atoms with Crippen LogP contribution in [0.2, 0.25) is 0 Å². The van der Waals surface area contributed by atoms with Gasteiger partial charge in [-0.2, -0.15) is 0 Å². The number of rotatable bonds is 8. The van der Waals surface area contributed by atoms with Gasteiger partial charge in [0.1, 0.15) is 11.3 Å². The van der Waals surface area contributed by atoms with E-state index in [-0.39, 0.29) is 23.4 Å². The zero-order valence-corrected chi connectivity index (χ0v) is 17.9. The predicted molar refractivity (Wildman–Crippen MR) is 118 cm³/mol. The van der Waals surface area contributed by atoms with E-state index in [0.717, 1.165) is 0 Å². The van der Waals surface area contributed by atoms with Crippen molar-refractivity contribution in [2.45, 2.75) is 13.5 Å². The van der Waals surface area contributed by atoms with Gasteiger partial charge in [-0.3, -0.25) is 19.7 Å². The first-order valence-electron chi connectivity index (χ1n) is 9.87. The summed E-state index contributed by atoms with van der Waals surface area (Å²) in [5.41, 5.74) is 0.222. The molecule has 3 aromatic rings. The number of amides is 2. The first kappa shape index (κ1) is 23.2. The van der Waals surface area contributed by atoms with E-state index < -0.39 is 29.3 Å². The molecule has 0 bridgehead atoms. The van der Waals surface area contributed by atoms with E-state index >= 15 is 0 Å². The van der Waals surface area contributed by atoms with Crippen LogP contribution in [0, 0.1) is 17.0 Å². The molecule has 0 unspecified atom stereocenters. The maximum absolute atomic E-state index is 12.7. The van der Waals surface area contributed by atoms with Crippen LogP contribution in [-0.2, 0) is 16.1 Å². The molecule has 0 aliphatic carbocycles. The second kappa shape index (κ2) is 10.2. The summed E-state index contributed by atoms with van der Waals surface area (Å²) in [7, 11) is 1.43. The molecule has 2 amide bonds. The highest BCUT2D eigenvalue weighted by atomic mass is 16.6. The number of ether oxygens (including phenoxy) is 1. The fourth-order valence-corrected chi connectivity index (χ4v) is 3.14. The highest BCUT2D eigenvalue weighted by Crippen LogP contribution is 2.24. The number of hydrogen-bond acceptors (Lipinski definition) is 7. The van der Waals surface area contributed by atoms with Crippen molar-refractivity contribution in [2.24, 2.45) is 0 Å². The molecule has 0 saturated heterocycles. The molecule has 10 heteroatoms. The highest BCUT2D eigenvalue weighted by molar-refractivity contribution is 6.05. The molecule has 1 N–H and O–H groups in total. The van der Waals surface area contributed by atoms with Crippen LogP contribution in [0.4, 0.5) is 11.4 Å². The van der Waals surface area contributed by atoms with E-state index in [0.29, 0.717) is 17.0 Å². The number of esters is 1. The molecule has 2 aromatic carbocycles. The fourth-order valence-electron chi connectivity index (χ4n) is 3.14. The second-order valence-corrected chi connectivity index (χ2v) is 7.04. The third kappa shape index (κ3) is 5.42. The Morgan fingerprint density at radius 1 is 1.06 bits per heavy atom. The third-order valence-corrected chi connectivity index (χ3v) is 4.85. The van der Waals surface area contributed by atoms with Gasteiger partial charge in [-0.15, -0.1) is 0 Å². The minimum atomic E-state index is -0.989. The van der Waals surface area contributed by atoms with Gasteiger partial charge in [0.2, 0.25) is 0 Å². The Hall–Kier alpha value is -4.47. The Labute approximate surface area is 188 Å². The van der Waals surface area contributed by atoms with Crippen LogP contribution >= 0.6 is 0 Å². The lowest BCUT2D eigenvalue weighted by Crippen LogP contribution is -2.33. The number of nitro benzene ring substituents is 1. The molecule has 33 heavy (non-hydrogen) atoms. The molecular weight excluding hydrogens is 430 g/mol. The van der Waals surface area contributed by atoms with Gasteiger partial charge in [-0.1, -0.05) is 24.3 Å². The number of anilines is 1. The van der Waals surface area contributed by atoms with Crippen molar-refractivity contribution in [3.05, 3.63) is 93.4 Å². The summed E-state index contributed by atoms with van der Waals surface area (Å²) in [6.45, 7) is 1.01. The van der Waals surface area contributed by atoms with Gasteiger partial charge >= 0.3 is 5.97 Å². The van der Waals surface area contributed by atoms with Crippen LogP contribution in [0.3, 0.4) is 0 Å². The summed E-state index contributed by atoms with van der Waals surface area (Å²) in [4.78, 5) is 49.5. The fraction of sp³-hybridized carbons (Fsp3) is 0.174. The summed E-state index contributed by atoms with van der Waals surface area (Å²) < 4.78 is 10.2. The van der Waals surface area contributed by atoms with Crippen LogP contribution in [0.5, 0.6) is 0 Å². The summed E-state index contributed by atoms with van der Waals surface area (Å²) in [5, 5.41) is 14.0. The lowest BCUT2D eigenvalue weighted by Gasteiger charge is -2.20. The van der Waals surface area contributed by atoms with E-state index in [1.807, 2.05) is 0 Å². The summed E-state index contributed by atoms with van der Waals surface area (Å²) in [6.07, 6.45) is 1.49. The molecule has 0 spiro atoms. The van der Waals surface area contributed by atoms with E-state index in [9.17, 15) is 24.5 Å². The number of nitrogens with zero attached hydrogens (tertiary/aromatic N) is 2. The molecule has 1 heterocycles. The van der Waals surface area contributed by atoms with Crippen molar-refractivity contribution < 1.29 is 28.5 Å². The number of nitro groups is 1. The number of benzene rings is 2. The van der Waals surface area contributed by atoms with Gasteiger partial charge in [0.25, 0.3) is 17.5 Å². The van der Waals surface area contributed by atoms with Gasteiger partial charge in [-0.05, 0) is 37.3 Å². The van der Waals surface area contributed by atoms with Gasteiger partial charge in [0.15, 0.2) is 6.61 Å². The minimum absolute atomic E-state index is 0.171. The first-order chi connectivity index (χ1) is 15.8. The number of furan rings is 1. The highest BCUT2D eigenvalue weighted by Gasteiger charge is 2.25. The Kier molecular flexibility index (Phi) is 7.19. The van der Waals surface area contributed by atoms with Crippen molar-refractivity contribution in [3.8, 4) is 0 Å². The third-order valence-electron chi connectivity index (χ3n) is 4.85. The number of aryl methyl sites for hydroxylation is 1. The van der Waals surface area contributed by atoms with Crippen molar-refractivity contribution in [3.63, 3.8) is 0 Å². The molecule has 170 valence electrons. The van der Waals surface area contributed by atoms with Gasteiger partial charge in [-0.25, -0.2) is 4.79 Å². The lowest BCUT2D eigenvalue weighted by molar-refractivity contribution is -0.385. The first-order valence-corrected chi connectivity index (χ1v) is 9.87. The Balaban J connectivity index is 1.68. The average Bonchev–Trinajstić information content (AvgIpc) is 3.33. The smallest absolute Gasteiger partial charge is 0.345 e. The number of hydrogen-bond donors (Lipinski definition) is 1. The van der Waals surface area contributed by atoms with Crippen molar-refractivity contribution in [2.75, 3.05) is 18.6 Å². The standard InChI is InChI=1S/C23H21N3O7/c1-15-7-5-10-18(21(15)26(30)31)23(29)33-14-20(27)25(2)19-11-4-3-9-17(19)22(28)24-13-16-8-6-12-32-16/h3-12H,13-14H2,1-2H3,(H,24,28). The maximum atomic E-state index is 12.7. The minimum Gasteiger partial charge on any atom is -0.467 e. The number of likely N-dealkylation sites (N-methyl/N-ethyl adjacent to an activating group) is 1. The average molecular weight is 451 g/mol. The molecule has 10 nitrogen and oxygen atoms in total.